The van der Waals surface area contributed by atoms with Crippen molar-refractivity contribution < 1.29 is 20.1 Å². The molecule has 2 aromatic carbocycles. The van der Waals surface area contributed by atoms with Gasteiger partial charge < -0.3 is 20.1 Å². The van der Waals surface area contributed by atoms with Gasteiger partial charge in [0.1, 0.15) is 12.4 Å². The lowest BCUT2D eigenvalue weighted by Gasteiger charge is -2.16. The summed E-state index contributed by atoms with van der Waals surface area (Å²) in [7, 11) is 0. The van der Waals surface area contributed by atoms with E-state index >= 15 is 0 Å². The molecular formula is C25H34O4. The summed E-state index contributed by atoms with van der Waals surface area (Å²) in [5.41, 5.74) is 4.19. The second-order valence-electron chi connectivity index (χ2n) is 8.18. The third kappa shape index (κ3) is 8.01. The second-order valence-corrected chi connectivity index (χ2v) is 8.18. The highest BCUT2D eigenvalue weighted by Gasteiger charge is 2.10. The van der Waals surface area contributed by atoms with Gasteiger partial charge in [0.25, 0.3) is 0 Å². The van der Waals surface area contributed by atoms with Gasteiger partial charge in [0.05, 0.1) is 18.8 Å². The molecule has 0 aliphatic rings. The minimum atomic E-state index is -0.583. The highest BCUT2D eigenvalue weighted by Crippen LogP contribution is 2.23. The summed E-state index contributed by atoms with van der Waals surface area (Å²) in [5.74, 6) is 0.800. The Morgan fingerprint density at radius 2 is 1.76 bits per heavy atom. The molecule has 4 heteroatoms. The largest absolute Gasteiger partial charge is 0.489 e. The molecule has 0 amide bonds. The van der Waals surface area contributed by atoms with Gasteiger partial charge in [-0.05, 0) is 86.1 Å². The van der Waals surface area contributed by atoms with Crippen LogP contribution < -0.4 is 4.74 Å². The lowest BCUT2D eigenvalue weighted by Crippen LogP contribution is -2.17. The monoisotopic (exact) mass is 398 g/mol. The maximum atomic E-state index is 9.77. The Morgan fingerprint density at radius 1 is 1.00 bits per heavy atom. The number of rotatable bonds is 11. The molecule has 0 aliphatic heterocycles. The molecule has 0 aromatic heterocycles. The minimum absolute atomic E-state index is 0.0809. The van der Waals surface area contributed by atoms with E-state index in [1.807, 2.05) is 50.2 Å². The van der Waals surface area contributed by atoms with Crippen LogP contribution in [-0.2, 0) is 19.8 Å². The molecule has 3 N–H and O–H groups in total. The molecule has 0 aliphatic carbocycles. The molecule has 158 valence electrons. The van der Waals surface area contributed by atoms with Crippen molar-refractivity contribution in [3.8, 4) is 5.75 Å². The Morgan fingerprint density at radius 3 is 2.45 bits per heavy atom. The quantitative estimate of drug-likeness (QED) is 0.467. The zero-order valence-electron chi connectivity index (χ0n) is 17.8. The van der Waals surface area contributed by atoms with Gasteiger partial charge >= 0.3 is 0 Å². The van der Waals surface area contributed by atoms with Crippen LogP contribution in [0.15, 0.2) is 48.5 Å². The van der Waals surface area contributed by atoms with Crippen LogP contribution in [0.4, 0.5) is 0 Å². The van der Waals surface area contributed by atoms with E-state index in [-0.39, 0.29) is 13.2 Å². The molecular weight excluding hydrogens is 364 g/mol. The number of aliphatic hydroxyl groups is 3. The van der Waals surface area contributed by atoms with Crippen LogP contribution in [0.2, 0.25) is 0 Å². The summed E-state index contributed by atoms with van der Waals surface area (Å²) in [5, 5.41) is 28.5. The first-order chi connectivity index (χ1) is 13.8. The third-order valence-electron chi connectivity index (χ3n) is 5.00. The Bertz CT molecular complexity index is 803. The molecule has 0 saturated heterocycles. The SMILES string of the molecule is C/C(=C\CCCCC(C)(C)O)c1cccc(OCc2ccc(CO)c(CO)c2)c1. The molecule has 0 radical (unpaired) electrons. The normalized spacial score (nSPS) is 12.3. The Kier molecular flexibility index (Phi) is 8.90. The summed E-state index contributed by atoms with van der Waals surface area (Å²) in [4.78, 5) is 0. The van der Waals surface area contributed by atoms with E-state index in [2.05, 4.69) is 19.1 Å². The van der Waals surface area contributed by atoms with Crippen molar-refractivity contribution in [1.29, 1.82) is 0 Å². The Hall–Kier alpha value is -2.14. The van der Waals surface area contributed by atoms with Crippen LogP contribution in [0.3, 0.4) is 0 Å². The van der Waals surface area contributed by atoms with Crippen molar-refractivity contribution in [2.45, 2.75) is 71.9 Å². The van der Waals surface area contributed by atoms with Gasteiger partial charge in [0.15, 0.2) is 0 Å². The van der Waals surface area contributed by atoms with Crippen LogP contribution in [-0.4, -0.2) is 20.9 Å². The standard InChI is InChI=1S/C25H34O4/c1-19(8-5-4-6-13-25(2,3)28)21-9-7-10-24(15-21)29-18-20-11-12-22(16-26)23(14-20)17-27/h7-12,14-15,26-28H,4-6,13,16-18H2,1-3H3/b19-8+. The number of hydrogen-bond acceptors (Lipinski definition) is 4. The fourth-order valence-corrected chi connectivity index (χ4v) is 3.21. The maximum absolute atomic E-state index is 9.77. The number of aliphatic hydroxyl groups excluding tert-OH is 2. The van der Waals surface area contributed by atoms with E-state index in [1.54, 1.807) is 0 Å². The lowest BCUT2D eigenvalue weighted by atomic mass is 9.99. The molecule has 0 atom stereocenters. The molecule has 2 rings (SSSR count). The van der Waals surface area contributed by atoms with E-state index in [9.17, 15) is 15.3 Å². The van der Waals surface area contributed by atoms with E-state index in [0.29, 0.717) is 6.61 Å². The van der Waals surface area contributed by atoms with Crippen molar-refractivity contribution in [3.05, 3.63) is 70.8 Å². The van der Waals surface area contributed by atoms with Gasteiger partial charge in [-0.1, -0.05) is 36.8 Å². The fourth-order valence-electron chi connectivity index (χ4n) is 3.21. The van der Waals surface area contributed by atoms with Crippen LogP contribution in [0.5, 0.6) is 5.75 Å². The Labute approximate surface area is 174 Å². The molecule has 0 unspecified atom stereocenters. The molecule has 0 bridgehead atoms. The zero-order chi connectivity index (χ0) is 21.3. The fraction of sp³-hybridized carbons (Fsp3) is 0.440. The molecule has 0 saturated carbocycles. The first-order valence-corrected chi connectivity index (χ1v) is 10.3. The van der Waals surface area contributed by atoms with Crippen molar-refractivity contribution >= 4 is 5.57 Å². The highest BCUT2D eigenvalue weighted by molar-refractivity contribution is 5.64. The van der Waals surface area contributed by atoms with Gasteiger partial charge in [-0.15, -0.1) is 0 Å². The van der Waals surface area contributed by atoms with Gasteiger partial charge in [-0.2, -0.15) is 0 Å². The molecule has 0 fully saturated rings. The van der Waals surface area contributed by atoms with Crippen LogP contribution in [0, 0.1) is 0 Å². The smallest absolute Gasteiger partial charge is 0.120 e. The topological polar surface area (TPSA) is 69.9 Å². The van der Waals surface area contributed by atoms with Gasteiger partial charge in [-0.25, -0.2) is 0 Å². The molecule has 0 spiro atoms. The van der Waals surface area contributed by atoms with Crippen molar-refractivity contribution in [2.24, 2.45) is 0 Å². The van der Waals surface area contributed by atoms with E-state index in [4.69, 9.17) is 4.74 Å². The van der Waals surface area contributed by atoms with E-state index in [0.717, 1.165) is 53.7 Å². The molecule has 4 nitrogen and oxygen atoms in total. The maximum Gasteiger partial charge on any atom is 0.120 e. The summed E-state index contributed by atoms with van der Waals surface area (Å²) in [6.45, 7) is 6.04. The average Bonchev–Trinajstić information content (AvgIpc) is 2.71. The minimum Gasteiger partial charge on any atom is -0.489 e. The average molecular weight is 399 g/mol. The number of hydrogen-bond donors (Lipinski definition) is 3. The number of ether oxygens (including phenoxy) is 1. The number of unbranched alkanes of at least 4 members (excludes halogenated alkanes) is 2. The van der Waals surface area contributed by atoms with Crippen LogP contribution >= 0.6 is 0 Å². The first kappa shape index (κ1) is 23.1. The summed E-state index contributed by atoms with van der Waals surface area (Å²) in [6.07, 6.45) is 6.13. The van der Waals surface area contributed by atoms with Crippen molar-refractivity contribution in [3.63, 3.8) is 0 Å². The Balaban J connectivity index is 1.92. The van der Waals surface area contributed by atoms with Gasteiger partial charge in [0.2, 0.25) is 0 Å². The van der Waals surface area contributed by atoms with Crippen LogP contribution in [0.1, 0.15) is 68.7 Å². The van der Waals surface area contributed by atoms with Gasteiger partial charge in [0, 0.05) is 0 Å². The lowest BCUT2D eigenvalue weighted by molar-refractivity contribution is 0.0683. The van der Waals surface area contributed by atoms with Gasteiger partial charge in [-0.3, -0.25) is 0 Å². The number of allylic oxidation sites excluding steroid dienone is 2. The molecule has 0 heterocycles. The third-order valence-corrected chi connectivity index (χ3v) is 5.00. The molecule has 2 aromatic rings. The predicted molar refractivity (Wildman–Crippen MR) is 117 cm³/mol. The predicted octanol–water partition coefficient (Wildman–Crippen LogP) is 4.98. The number of benzene rings is 2. The van der Waals surface area contributed by atoms with Crippen molar-refractivity contribution in [1.82, 2.24) is 0 Å². The van der Waals surface area contributed by atoms with E-state index < -0.39 is 5.60 Å². The van der Waals surface area contributed by atoms with Crippen molar-refractivity contribution in [2.75, 3.05) is 0 Å². The summed E-state index contributed by atoms with van der Waals surface area (Å²) in [6, 6.07) is 13.7. The van der Waals surface area contributed by atoms with Crippen LogP contribution in [0.25, 0.3) is 5.57 Å². The second kappa shape index (κ2) is 11.1. The highest BCUT2D eigenvalue weighted by atomic mass is 16.5. The summed E-state index contributed by atoms with van der Waals surface area (Å²) < 4.78 is 5.94. The summed E-state index contributed by atoms with van der Waals surface area (Å²) >= 11 is 0. The zero-order valence-corrected chi connectivity index (χ0v) is 17.8. The first-order valence-electron chi connectivity index (χ1n) is 10.3. The van der Waals surface area contributed by atoms with E-state index in [1.165, 1.54) is 5.57 Å². The molecule has 29 heavy (non-hydrogen) atoms.